The Labute approximate surface area is 662 Å². The number of fused-ring (bicyclic) bond motifs is 1. The standard InChI is InChI=1S/C80H120N12O21/c1-18-47(8)63(57(106-15)41-59(94)92-40-26-32-56(92)65(107-16)48(9)69(96)83-49(10)64(95)52-29-23-20-24-30-52)90(13)75(101)61(45(4)5)89-73(100)62(46(6)7)91(14)79(105)110-43-51-33-35-53(36-34-51)84-70(97)54(31-25-39-82-77(81)103)85-72(99)60(44(2)3)88-71(98)55(86-78(104)109-42-50-27-21-19-22-28-50)37-38-58(93)87-74-67-66(112-80(11,12)113-67)68(111-74)76(102)108-17/h19-24,27-30,33-36,44-49,54-57,60-68,74,95H,18,25-26,31-32,37-43H2,1-17H3,(H,83,96)(H,84,97)(H,85,99)(H,86,104)(H,87,93)(H,88,98)(H,89,100)(H3,81,82,103)/t47-,48+,49+,54-,55-,56-,57+,60-,61-,62-,63-,64+,65+,66-,67+,68-,74?/m0/s1. The van der Waals surface area contributed by atoms with Crippen LogP contribution in [0.4, 0.5) is 20.1 Å². The normalized spacial score (nSPS) is 20.2. The van der Waals surface area contributed by atoms with Crippen molar-refractivity contribution in [1.29, 1.82) is 0 Å². The SMILES string of the molecule is CC[C@H](C)[C@@H]([C@@H](CC(=O)N1CCC[C@H]1[C@H](OC)[C@@H](C)C(=O)N[C@H](C)[C@@H](O)c1ccccc1)OC)N(C)C(=O)[C@@H](NC(=O)[C@H](C(C)C)N(C)C(=O)OCc1ccc(NC(=O)[C@H](CCCNC(N)=O)NC(=O)[C@@H](NC(=O)[C@H](CCC(=O)NC2O[C@H](C(=O)OC)[C@H]3OC(C)(C)O[C@@H]23)NC(=O)OCc2ccccc2)C(C)C)cc1)C(C)C. The lowest BCUT2D eigenvalue weighted by molar-refractivity contribution is -0.198. The molecule has 3 fully saturated rings. The molecule has 17 atom stereocenters. The number of rotatable bonds is 41. The molecule has 3 heterocycles. The maximum absolute atomic E-state index is 14.9. The van der Waals surface area contributed by atoms with E-state index in [-0.39, 0.29) is 68.9 Å². The second-order valence-electron chi connectivity index (χ2n) is 30.7. The Morgan fingerprint density at radius 1 is 0.664 bits per heavy atom. The van der Waals surface area contributed by atoms with Crippen LogP contribution in [-0.4, -0.2) is 231 Å². The van der Waals surface area contributed by atoms with Crippen LogP contribution in [0.15, 0.2) is 84.9 Å². The molecule has 3 aliphatic heterocycles. The average Bonchev–Trinajstić information content (AvgIpc) is 1.61. The molecule has 33 heteroatoms. The molecule has 6 rings (SSSR count). The molecule has 0 radical (unpaired) electrons. The van der Waals surface area contributed by atoms with Crippen LogP contribution >= 0.6 is 0 Å². The van der Waals surface area contributed by atoms with Gasteiger partial charge >= 0.3 is 24.2 Å². The molecule has 0 aromatic heterocycles. The second-order valence-corrected chi connectivity index (χ2v) is 30.7. The van der Waals surface area contributed by atoms with Gasteiger partial charge in [0.05, 0.1) is 55.9 Å². The van der Waals surface area contributed by atoms with Crippen molar-refractivity contribution in [3.63, 3.8) is 0 Å². The lowest BCUT2D eigenvalue weighted by Crippen LogP contribution is -2.60. The fraction of sp³-hybridized carbons (Fsp3) is 0.625. The number of urea groups is 1. The molecule has 3 saturated heterocycles. The van der Waals surface area contributed by atoms with Gasteiger partial charge in [0.2, 0.25) is 47.3 Å². The van der Waals surface area contributed by atoms with Gasteiger partial charge < -0.3 is 101 Å². The lowest BCUT2D eigenvalue weighted by Gasteiger charge is -2.41. The number of carbonyl (C=O) groups excluding carboxylic acids is 12. The first-order valence-electron chi connectivity index (χ1n) is 38.7. The number of ether oxygens (including phenoxy) is 8. The molecule has 3 aromatic carbocycles. The van der Waals surface area contributed by atoms with Crippen molar-refractivity contribution in [2.24, 2.45) is 35.3 Å². The largest absolute Gasteiger partial charge is 0.467 e. The number of likely N-dealkylation sites (N-methyl/N-ethyl adjacent to an activating group) is 2. The van der Waals surface area contributed by atoms with Gasteiger partial charge in [-0.05, 0) is 105 Å². The van der Waals surface area contributed by atoms with Crippen molar-refractivity contribution < 1.29 is 101 Å². The number of aliphatic hydroxyl groups excluding tert-OH is 1. The number of primary amides is 1. The highest BCUT2D eigenvalue weighted by Gasteiger charge is 2.58. The molecule has 0 spiro atoms. The summed E-state index contributed by atoms with van der Waals surface area (Å²) >= 11 is 0. The van der Waals surface area contributed by atoms with Crippen LogP contribution in [0.1, 0.15) is 157 Å². The first kappa shape index (κ1) is 92.3. The van der Waals surface area contributed by atoms with E-state index in [0.29, 0.717) is 42.5 Å². The van der Waals surface area contributed by atoms with Gasteiger partial charge in [0, 0.05) is 53.5 Å². The Bertz CT molecular complexity index is 3670. The maximum Gasteiger partial charge on any atom is 0.410 e. The Balaban J connectivity index is 1.07. The summed E-state index contributed by atoms with van der Waals surface area (Å²) in [5, 5.41) is 32.7. The third-order valence-electron chi connectivity index (χ3n) is 20.8. The minimum atomic E-state index is -1.49. The molecular weight excluding hydrogens is 1460 g/mol. The smallest absolute Gasteiger partial charge is 0.410 e. The molecular formula is C80H120N12O21. The molecule has 33 nitrogen and oxygen atoms in total. The number of likely N-dealkylation sites (tertiary alicyclic amines) is 1. The van der Waals surface area contributed by atoms with E-state index >= 15 is 0 Å². The number of esters is 1. The van der Waals surface area contributed by atoms with Crippen molar-refractivity contribution in [2.45, 2.75) is 245 Å². The summed E-state index contributed by atoms with van der Waals surface area (Å²) in [6, 6.07) is 15.0. The molecule has 626 valence electrons. The van der Waals surface area contributed by atoms with Crippen molar-refractivity contribution in [2.75, 3.05) is 53.8 Å². The highest BCUT2D eigenvalue weighted by Crippen LogP contribution is 2.39. The number of methoxy groups -OCH3 is 3. The van der Waals surface area contributed by atoms with E-state index in [1.54, 1.807) is 136 Å². The summed E-state index contributed by atoms with van der Waals surface area (Å²) in [4.78, 5) is 170. The lowest BCUT2D eigenvalue weighted by atomic mass is 9.89. The minimum Gasteiger partial charge on any atom is -0.467 e. The van der Waals surface area contributed by atoms with Gasteiger partial charge in [-0.15, -0.1) is 0 Å². The van der Waals surface area contributed by atoms with E-state index in [4.69, 9.17) is 43.6 Å². The average molecular weight is 1590 g/mol. The highest BCUT2D eigenvalue weighted by molar-refractivity contribution is 5.99. The molecule has 3 aromatic rings. The number of anilines is 1. The third kappa shape index (κ3) is 26.3. The number of nitrogens with one attached hydrogen (secondary N) is 8. The molecule has 113 heavy (non-hydrogen) atoms. The Morgan fingerprint density at radius 3 is 1.86 bits per heavy atom. The Kier molecular flexibility index (Phi) is 35.7. The van der Waals surface area contributed by atoms with E-state index in [1.165, 1.54) is 45.4 Å². The summed E-state index contributed by atoms with van der Waals surface area (Å²) < 4.78 is 45.8. The fourth-order valence-electron chi connectivity index (χ4n) is 14.4. The topological polar surface area (TPSA) is 431 Å². The summed E-state index contributed by atoms with van der Waals surface area (Å²) in [6.45, 7) is 21.0. The van der Waals surface area contributed by atoms with E-state index in [2.05, 4.69) is 42.5 Å². The first-order valence-corrected chi connectivity index (χ1v) is 38.7. The van der Waals surface area contributed by atoms with E-state index in [0.717, 1.165) is 4.90 Å². The molecule has 3 aliphatic rings. The van der Waals surface area contributed by atoms with Crippen LogP contribution in [0.5, 0.6) is 0 Å². The van der Waals surface area contributed by atoms with Gasteiger partial charge in [-0.1, -0.05) is 142 Å². The predicted molar refractivity (Wildman–Crippen MR) is 414 cm³/mol. The van der Waals surface area contributed by atoms with Crippen molar-refractivity contribution in [3.8, 4) is 0 Å². The number of benzene rings is 3. The Morgan fingerprint density at radius 2 is 1.27 bits per heavy atom. The zero-order chi connectivity index (χ0) is 83.7. The van der Waals surface area contributed by atoms with Crippen LogP contribution in [0.3, 0.4) is 0 Å². The number of nitrogens with zero attached hydrogens (tertiary/aromatic N) is 3. The fourth-order valence-corrected chi connectivity index (χ4v) is 14.4. The van der Waals surface area contributed by atoms with E-state index in [9.17, 15) is 62.6 Å². The van der Waals surface area contributed by atoms with Crippen LogP contribution < -0.4 is 48.3 Å². The zero-order valence-electron chi connectivity index (χ0n) is 68.1. The second kappa shape index (κ2) is 43.6. The zero-order valence-corrected chi connectivity index (χ0v) is 68.1. The van der Waals surface area contributed by atoms with Crippen LogP contribution in [0.25, 0.3) is 0 Å². The van der Waals surface area contributed by atoms with E-state index < -0.39 is 187 Å². The van der Waals surface area contributed by atoms with Gasteiger partial charge in [-0.3, -0.25) is 43.3 Å². The number of alkyl carbamates (subject to hydrolysis) is 1. The molecule has 11 N–H and O–H groups in total. The summed E-state index contributed by atoms with van der Waals surface area (Å²) in [7, 11) is 7.20. The highest BCUT2D eigenvalue weighted by atomic mass is 16.8. The van der Waals surface area contributed by atoms with Gasteiger partial charge in [-0.2, -0.15) is 0 Å². The number of hydrogen-bond acceptors (Lipinski definition) is 21. The van der Waals surface area contributed by atoms with Crippen molar-refractivity contribution >= 4 is 77.1 Å². The number of aliphatic hydroxyl groups is 1. The van der Waals surface area contributed by atoms with Crippen molar-refractivity contribution in [1.82, 2.24) is 51.9 Å². The molecule has 12 amide bonds. The van der Waals surface area contributed by atoms with Crippen LogP contribution in [-0.2, 0) is 94.3 Å². The monoisotopic (exact) mass is 1580 g/mol. The molecule has 0 aliphatic carbocycles. The Hall–Kier alpha value is -9.54. The summed E-state index contributed by atoms with van der Waals surface area (Å²) in [5.74, 6) is -9.11. The number of carbonyl (C=O) groups is 12. The van der Waals surface area contributed by atoms with Gasteiger partial charge in [0.1, 0.15) is 55.6 Å². The van der Waals surface area contributed by atoms with E-state index in [1.807, 2.05) is 32.0 Å². The predicted octanol–water partition coefficient (Wildman–Crippen LogP) is 5.20. The number of hydrogen-bond donors (Lipinski definition) is 10. The van der Waals surface area contributed by atoms with Crippen molar-refractivity contribution in [3.05, 3.63) is 102 Å². The van der Waals surface area contributed by atoms with Gasteiger partial charge in [0.15, 0.2) is 18.1 Å². The molecule has 1 unspecified atom stereocenters. The summed E-state index contributed by atoms with van der Waals surface area (Å²) in [6.07, 6.45) is -7.49. The van der Waals surface area contributed by atoms with Gasteiger partial charge in [0.25, 0.3) is 0 Å². The van der Waals surface area contributed by atoms with Crippen LogP contribution in [0.2, 0.25) is 0 Å². The molecule has 0 saturated carbocycles. The minimum absolute atomic E-state index is 0.0236. The summed E-state index contributed by atoms with van der Waals surface area (Å²) in [5.41, 5.74) is 7.34. The number of amides is 12. The van der Waals surface area contributed by atoms with Gasteiger partial charge in [-0.25, -0.2) is 19.2 Å². The first-order chi connectivity index (χ1) is 53.4. The molecule has 0 bridgehead atoms. The third-order valence-corrected chi connectivity index (χ3v) is 20.8. The van der Waals surface area contributed by atoms with Crippen LogP contribution in [0, 0.1) is 29.6 Å². The quantitative estimate of drug-likeness (QED) is 0.0198. The maximum atomic E-state index is 14.9. The number of nitrogens with two attached hydrogens (primary N) is 1.